The second-order valence-corrected chi connectivity index (χ2v) is 6.62. The van der Waals surface area contributed by atoms with Gasteiger partial charge in [-0.05, 0) is 24.1 Å². The molecule has 2 amide bonds. The Morgan fingerprint density at radius 3 is 2.50 bits per heavy atom. The van der Waals surface area contributed by atoms with Crippen LogP contribution in [0, 0.1) is 6.92 Å². The van der Waals surface area contributed by atoms with Gasteiger partial charge in [0, 0.05) is 39.4 Å². The normalized spacial score (nSPS) is 14.2. The summed E-state index contributed by atoms with van der Waals surface area (Å²) < 4.78 is 5.36. The summed E-state index contributed by atoms with van der Waals surface area (Å²) in [6.07, 6.45) is 1.82. The van der Waals surface area contributed by atoms with Crippen molar-refractivity contribution < 1.29 is 9.53 Å². The number of benzene rings is 1. The predicted octanol–water partition coefficient (Wildman–Crippen LogP) is 2.57. The summed E-state index contributed by atoms with van der Waals surface area (Å²) in [5.41, 5.74) is 3.32. The van der Waals surface area contributed by atoms with Gasteiger partial charge < -0.3 is 19.9 Å². The zero-order valence-electron chi connectivity index (χ0n) is 15.4. The van der Waals surface area contributed by atoms with Crippen molar-refractivity contribution in [1.82, 2.24) is 15.2 Å². The van der Waals surface area contributed by atoms with Crippen molar-refractivity contribution in [1.29, 1.82) is 0 Å². The molecule has 0 unspecified atom stereocenters. The van der Waals surface area contributed by atoms with E-state index in [1.807, 2.05) is 30.5 Å². The van der Waals surface area contributed by atoms with E-state index in [0.717, 1.165) is 43.2 Å². The molecule has 0 bridgehead atoms. The number of nitrogens with zero attached hydrogens (tertiary/aromatic N) is 3. The van der Waals surface area contributed by atoms with Crippen LogP contribution in [0.1, 0.15) is 16.7 Å². The maximum Gasteiger partial charge on any atom is 0.317 e. The number of rotatable bonds is 5. The summed E-state index contributed by atoms with van der Waals surface area (Å²) >= 11 is 0. The summed E-state index contributed by atoms with van der Waals surface area (Å²) in [5.74, 6) is 0.958. The van der Waals surface area contributed by atoms with E-state index in [1.165, 1.54) is 5.56 Å². The molecule has 1 saturated heterocycles. The molecule has 0 aliphatic carbocycles. The molecule has 1 N–H and O–H groups in total. The first kappa shape index (κ1) is 18.2. The second-order valence-electron chi connectivity index (χ2n) is 6.62. The van der Waals surface area contributed by atoms with Crippen LogP contribution in [0.5, 0.6) is 0 Å². The first-order chi connectivity index (χ1) is 12.6. The number of morpholine rings is 1. The average molecular weight is 354 g/mol. The van der Waals surface area contributed by atoms with Gasteiger partial charge >= 0.3 is 6.03 Å². The van der Waals surface area contributed by atoms with E-state index in [-0.39, 0.29) is 6.03 Å². The van der Waals surface area contributed by atoms with Crippen molar-refractivity contribution in [3.63, 3.8) is 0 Å². The number of carbonyl (C=O) groups is 1. The Labute approximate surface area is 154 Å². The Morgan fingerprint density at radius 2 is 1.85 bits per heavy atom. The van der Waals surface area contributed by atoms with E-state index in [0.29, 0.717) is 13.1 Å². The fraction of sp³-hybridized carbons (Fsp3) is 0.400. The minimum absolute atomic E-state index is 0.0946. The van der Waals surface area contributed by atoms with Gasteiger partial charge in [0.15, 0.2) is 0 Å². The lowest BCUT2D eigenvalue weighted by Gasteiger charge is -2.27. The molecular weight excluding hydrogens is 328 g/mol. The van der Waals surface area contributed by atoms with Gasteiger partial charge in [0.25, 0.3) is 0 Å². The molecule has 1 aromatic heterocycles. The molecule has 0 spiro atoms. The minimum Gasteiger partial charge on any atom is -0.378 e. The molecule has 0 atom stereocenters. The van der Waals surface area contributed by atoms with E-state index in [9.17, 15) is 4.79 Å². The number of aromatic nitrogens is 1. The fourth-order valence-electron chi connectivity index (χ4n) is 2.85. The smallest absolute Gasteiger partial charge is 0.317 e. The number of hydrogen-bond acceptors (Lipinski definition) is 4. The molecule has 6 heteroatoms. The van der Waals surface area contributed by atoms with E-state index in [4.69, 9.17) is 4.74 Å². The molecule has 1 aromatic carbocycles. The number of urea groups is 1. The topological polar surface area (TPSA) is 57.7 Å². The molecule has 1 fully saturated rings. The molecule has 2 aromatic rings. The molecule has 26 heavy (non-hydrogen) atoms. The lowest BCUT2D eigenvalue weighted by molar-refractivity contribution is 0.122. The van der Waals surface area contributed by atoms with Crippen LogP contribution in [-0.2, 0) is 17.8 Å². The van der Waals surface area contributed by atoms with E-state index < -0.39 is 0 Å². The Balaban J connectivity index is 1.48. The van der Waals surface area contributed by atoms with Gasteiger partial charge in [-0.25, -0.2) is 9.78 Å². The van der Waals surface area contributed by atoms with Crippen LogP contribution in [0.4, 0.5) is 10.6 Å². The molecule has 138 valence electrons. The third-order valence-corrected chi connectivity index (χ3v) is 4.47. The molecule has 3 rings (SSSR count). The van der Waals surface area contributed by atoms with Gasteiger partial charge in [0.2, 0.25) is 0 Å². The lowest BCUT2D eigenvalue weighted by atomic mass is 10.1. The Bertz CT molecular complexity index is 710. The summed E-state index contributed by atoms with van der Waals surface area (Å²) in [6.45, 7) is 6.33. The highest BCUT2D eigenvalue weighted by atomic mass is 16.5. The SMILES string of the molecule is Cc1ccc(CN(C)C(=O)NCc2ccc(N3CCOCC3)nc2)cc1. The van der Waals surface area contributed by atoms with E-state index >= 15 is 0 Å². The highest BCUT2D eigenvalue weighted by Crippen LogP contribution is 2.13. The summed E-state index contributed by atoms with van der Waals surface area (Å²) in [4.78, 5) is 20.7. The van der Waals surface area contributed by atoms with Gasteiger partial charge in [-0.1, -0.05) is 35.9 Å². The maximum atomic E-state index is 12.3. The van der Waals surface area contributed by atoms with Crippen LogP contribution >= 0.6 is 0 Å². The molecule has 1 aliphatic rings. The van der Waals surface area contributed by atoms with Crippen molar-refractivity contribution in [3.8, 4) is 0 Å². The van der Waals surface area contributed by atoms with Crippen LogP contribution in [0.3, 0.4) is 0 Å². The molecular formula is C20H26N4O2. The zero-order chi connectivity index (χ0) is 18.4. The molecule has 0 saturated carbocycles. The van der Waals surface area contributed by atoms with Crippen molar-refractivity contribution >= 4 is 11.8 Å². The monoisotopic (exact) mass is 354 g/mol. The standard InChI is InChI=1S/C20H26N4O2/c1-16-3-5-17(6-4-16)15-23(2)20(25)22-14-18-7-8-19(21-13-18)24-9-11-26-12-10-24/h3-8,13H,9-12,14-15H2,1-2H3,(H,22,25). The highest BCUT2D eigenvalue weighted by molar-refractivity contribution is 5.73. The van der Waals surface area contributed by atoms with E-state index in [1.54, 1.807) is 11.9 Å². The average Bonchev–Trinajstić information content (AvgIpc) is 2.69. The minimum atomic E-state index is -0.0946. The third-order valence-electron chi connectivity index (χ3n) is 4.47. The third kappa shape index (κ3) is 4.95. The van der Waals surface area contributed by atoms with Gasteiger partial charge in [0.1, 0.15) is 5.82 Å². The van der Waals surface area contributed by atoms with Crippen LogP contribution in [-0.4, -0.2) is 49.3 Å². The van der Waals surface area contributed by atoms with Gasteiger partial charge in [-0.3, -0.25) is 0 Å². The van der Waals surface area contributed by atoms with Gasteiger partial charge in [-0.15, -0.1) is 0 Å². The van der Waals surface area contributed by atoms with E-state index in [2.05, 4.69) is 34.3 Å². The Kier molecular flexibility index (Phi) is 6.07. The Hall–Kier alpha value is -2.60. The first-order valence-corrected chi connectivity index (χ1v) is 8.94. The van der Waals surface area contributed by atoms with Gasteiger partial charge in [-0.2, -0.15) is 0 Å². The van der Waals surface area contributed by atoms with Crippen molar-refractivity contribution in [2.45, 2.75) is 20.0 Å². The van der Waals surface area contributed by atoms with Crippen molar-refractivity contribution in [2.75, 3.05) is 38.3 Å². The second kappa shape index (κ2) is 8.67. The fourth-order valence-corrected chi connectivity index (χ4v) is 2.85. The summed E-state index contributed by atoms with van der Waals surface area (Å²) in [5, 5.41) is 2.94. The lowest BCUT2D eigenvalue weighted by Crippen LogP contribution is -2.37. The number of nitrogens with one attached hydrogen (secondary N) is 1. The molecule has 2 heterocycles. The number of ether oxygens (including phenoxy) is 1. The number of carbonyl (C=O) groups excluding carboxylic acids is 1. The van der Waals surface area contributed by atoms with Crippen molar-refractivity contribution in [2.24, 2.45) is 0 Å². The molecule has 1 aliphatic heterocycles. The quantitative estimate of drug-likeness (QED) is 0.897. The predicted molar refractivity (Wildman–Crippen MR) is 102 cm³/mol. The van der Waals surface area contributed by atoms with Crippen LogP contribution in [0.15, 0.2) is 42.6 Å². The highest BCUT2D eigenvalue weighted by Gasteiger charge is 2.12. The molecule has 6 nitrogen and oxygen atoms in total. The number of pyridine rings is 1. The number of hydrogen-bond donors (Lipinski definition) is 1. The van der Waals surface area contributed by atoms with Crippen LogP contribution in [0.25, 0.3) is 0 Å². The van der Waals surface area contributed by atoms with Crippen LogP contribution < -0.4 is 10.2 Å². The first-order valence-electron chi connectivity index (χ1n) is 8.94. The number of amides is 2. The number of aryl methyl sites for hydroxylation is 1. The number of anilines is 1. The van der Waals surface area contributed by atoms with Gasteiger partial charge in [0.05, 0.1) is 13.2 Å². The summed E-state index contributed by atoms with van der Waals surface area (Å²) in [6, 6.07) is 12.1. The maximum absolute atomic E-state index is 12.3. The zero-order valence-corrected chi connectivity index (χ0v) is 15.4. The largest absolute Gasteiger partial charge is 0.378 e. The molecule has 0 radical (unpaired) electrons. The van der Waals surface area contributed by atoms with Crippen LogP contribution in [0.2, 0.25) is 0 Å². The van der Waals surface area contributed by atoms with Crippen molar-refractivity contribution in [3.05, 3.63) is 59.3 Å². The summed E-state index contributed by atoms with van der Waals surface area (Å²) in [7, 11) is 1.80. The Morgan fingerprint density at radius 1 is 1.15 bits per heavy atom.